The van der Waals surface area contributed by atoms with Crippen LogP contribution >= 0.6 is 0 Å². The van der Waals surface area contributed by atoms with Crippen molar-refractivity contribution in [3.05, 3.63) is 48.2 Å². The number of aryl methyl sites for hydroxylation is 1. The fourth-order valence-corrected chi connectivity index (χ4v) is 2.14. The molecule has 0 aliphatic heterocycles. The van der Waals surface area contributed by atoms with Gasteiger partial charge < -0.3 is 16.8 Å². The third-order valence-corrected chi connectivity index (χ3v) is 3.62. The average Bonchev–Trinajstić information content (AvgIpc) is 2.99. The van der Waals surface area contributed by atoms with Crippen LogP contribution in [0.5, 0.6) is 0 Å². The van der Waals surface area contributed by atoms with Gasteiger partial charge >= 0.3 is 0 Å². The van der Waals surface area contributed by atoms with Gasteiger partial charge in [-0.05, 0) is 5.56 Å². The van der Waals surface area contributed by atoms with Crippen LogP contribution < -0.4 is 16.8 Å². The molecule has 0 radical (unpaired) electrons. The molecule has 5 N–H and O–H groups in total. The zero-order valence-corrected chi connectivity index (χ0v) is 13.0. The number of nitrogens with zero attached hydrogens (tertiary/aromatic N) is 2. The number of anilines is 1. The molecule has 2 aromatic rings. The topological polar surface area (TPSA) is 116 Å². The molecule has 0 fully saturated rings. The number of carbonyl (C=O) groups is 2. The average molecular weight is 315 g/mol. The number of hydrogen-bond donors (Lipinski definition) is 3. The van der Waals surface area contributed by atoms with Crippen molar-refractivity contribution in [1.29, 1.82) is 0 Å². The first-order chi connectivity index (χ1) is 11.0. The molecule has 7 nitrogen and oxygen atoms in total. The Morgan fingerprint density at radius 3 is 2.61 bits per heavy atom. The van der Waals surface area contributed by atoms with E-state index in [1.165, 1.54) is 0 Å². The van der Waals surface area contributed by atoms with E-state index in [-0.39, 0.29) is 12.3 Å². The Kier molecular flexibility index (Phi) is 5.48. The monoisotopic (exact) mass is 315 g/mol. The summed E-state index contributed by atoms with van der Waals surface area (Å²) < 4.78 is 1.56. The van der Waals surface area contributed by atoms with E-state index in [1.54, 1.807) is 23.9 Å². The second-order valence-electron chi connectivity index (χ2n) is 5.39. The van der Waals surface area contributed by atoms with Crippen molar-refractivity contribution < 1.29 is 9.59 Å². The summed E-state index contributed by atoms with van der Waals surface area (Å²) in [6, 6.07) is 10.7. The first kappa shape index (κ1) is 16.7. The van der Waals surface area contributed by atoms with Crippen LogP contribution in [0.4, 0.5) is 5.82 Å². The number of rotatable bonds is 7. The maximum atomic E-state index is 12.3. The number of aromatic nitrogens is 2. The fraction of sp³-hybridized carbons (Fsp3) is 0.312. The summed E-state index contributed by atoms with van der Waals surface area (Å²) in [5.41, 5.74) is 12.1. The minimum absolute atomic E-state index is 0.199. The van der Waals surface area contributed by atoms with E-state index < -0.39 is 17.9 Å². The summed E-state index contributed by atoms with van der Waals surface area (Å²) in [7, 11) is 0. The minimum Gasteiger partial charge on any atom is -0.370 e. The van der Waals surface area contributed by atoms with Crippen LogP contribution in [0.25, 0.3) is 0 Å². The molecule has 0 bridgehead atoms. The molecule has 0 spiro atoms. The number of nitrogens with one attached hydrogen (secondary N) is 1. The van der Waals surface area contributed by atoms with Crippen LogP contribution in [0.1, 0.15) is 24.9 Å². The third-order valence-electron chi connectivity index (χ3n) is 3.62. The second kappa shape index (κ2) is 7.55. The molecular formula is C16H21N5O2. The molecular weight excluding hydrogens is 294 g/mol. The summed E-state index contributed by atoms with van der Waals surface area (Å²) in [6.45, 7) is 2.15. The molecule has 2 amide bonds. The van der Waals surface area contributed by atoms with Crippen LogP contribution in [-0.4, -0.2) is 21.6 Å². The van der Waals surface area contributed by atoms with Gasteiger partial charge in [0.2, 0.25) is 11.8 Å². The molecule has 0 saturated heterocycles. The highest BCUT2D eigenvalue weighted by molar-refractivity contribution is 5.91. The molecule has 1 aromatic carbocycles. The number of carbonyl (C=O) groups excluding carboxylic acids is 2. The Bertz CT molecular complexity index is 668. The molecule has 1 heterocycles. The van der Waals surface area contributed by atoms with E-state index in [0.717, 1.165) is 5.56 Å². The van der Waals surface area contributed by atoms with Crippen molar-refractivity contribution in [1.82, 2.24) is 9.78 Å². The summed E-state index contributed by atoms with van der Waals surface area (Å²) in [4.78, 5) is 23.0. The van der Waals surface area contributed by atoms with Gasteiger partial charge in [-0.25, -0.2) is 0 Å². The van der Waals surface area contributed by atoms with Gasteiger partial charge in [-0.15, -0.1) is 0 Å². The molecule has 0 saturated carbocycles. The van der Waals surface area contributed by atoms with Gasteiger partial charge in [0.1, 0.15) is 0 Å². The van der Waals surface area contributed by atoms with Crippen molar-refractivity contribution in [2.75, 3.05) is 5.32 Å². The molecule has 23 heavy (non-hydrogen) atoms. The molecule has 7 heteroatoms. The Hall–Kier alpha value is -2.67. The molecule has 2 unspecified atom stereocenters. The highest BCUT2D eigenvalue weighted by Crippen LogP contribution is 2.20. The van der Waals surface area contributed by atoms with Crippen molar-refractivity contribution in [2.45, 2.75) is 25.9 Å². The van der Waals surface area contributed by atoms with Crippen molar-refractivity contribution in [3.63, 3.8) is 0 Å². The van der Waals surface area contributed by atoms with E-state index in [9.17, 15) is 9.59 Å². The summed E-state index contributed by atoms with van der Waals surface area (Å²) >= 11 is 0. The van der Waals surface area contributed by atoms with Gasteiger partial charge in [-0.2, -0.15) is 5.10 Å². The van der Waals surface area contributed by atoms with Crippen LogP contribution in [0.15, 0.2) is 42.6 Å². The molecule has 2 rings (SSSR count). The van der Waals surface area contributed by atoms with Gasteiger partial charge in [0, 0.05) is 31.3 Å². The Balaban J connectivity index is 1.94. The van der Waals surface area contributed by atoms with E-state index in [1.807, 2.05) is 30.3 Å². The zero-order valence-electron chi connectivity index (χ0n) is 13.0. The van der Waals surface area contributed by atoms with Crippen molar-refractivity contribution >= 4 is 17.6 Å². The predicted molar refractivity (Wildman–Crippen MR) is 87.2 cm³/mol. The fourth-order valence-electron chi connectivity index (χ4n) is 2.14. The Morgan fingerprint density at radius 1 is 1.26 bits per heavy atom. The lowest BCUT2D eigenvalue weighted by Gasteiger charge is -2.19. The molecule has 2 atom stereocenters. The number of primary amides is 1. The van der Waals surface area contributed by atoms with E-state index in [4.69, 9.17) is 11.5 Å². The number of hydrogen-bond acceptors (Lipinski definition) is 4. The van der Waals surface area contributed by atoms with Gasteiger partial charge in [-0.3, -0.25) is 14.3 Å². The number of amides is 2. The predicted octanol–water partition coefficient (Wildman–Crippen LogP) is 1.03. The molecule has 122 valence electrons. The van der Waals surface area contributed by atoms with Gasteiger partial charge in [0.15, 0.2) is 5.82 Å². The first-order valence-electron chi connectivity index (χ1n) is 7.40. The highest BCUT2D eigenvalue weighted by Gasteiger charge is 2.22. The van der Waals surface area contributed by atoms with Crippen LogP contribution in [0, 0.1) is 5.92 Å². The summed E-state index contributed by atoms with van der Waals surface area (Å²) in [5, 5.41) is 6.91. The first-order valence-corrected chi connectivity index (χ1v) is 7.40. The molecule has 1 aromatic heterocycles. The van der Waals surface area contributed by atoms with Crippen LogP contribution in [0.3, 0.4) is 0 Å². The number of nitrogens with two attached hydrogens (primary N) is 2. The number of benzene rings is 1. The SMILES string of the molecule is CC(C(=O)Nc1ccn(CCC(N)=O)n1)C(N)c1ccccc1. The third kappa shape index (κ3) is 4.65. The zero-order chi connectivity index (χ0) is 16.8. The standard InChI is InChI=1S/C16H21N5O2/c1-11(15(18)12-5-3-2-4-6-12)16(23)19-14-8-10-21(20-14)9-7-13(17)22/h2-6,8,10-11,15H,7,9,18H2,1H3,(H2,17,22)(H,19,20,23). The lowest BCUT2D eigenvalue weighted by atomic mass is 9.95. The van der Waals surface area contributed by atoms with E-state index >= 15 is 0 Å². The normalized spacial score (nSPS) is 13.3. The maximum absolute atomic E-state index is 12.3. The Morgan fingerprint density at radius 2 is 1.96 bits per heavy atom. The quantitative estimate of drug-likeness (QED) is 0.707. The van der Waals surface area contributed by atoms with Crippen molar-refractivity contribution in [3.8, 4) is 0 Å². The van der Waals surface area contributed by atoms with E-state index in [0.29, 0.717) is 12.4 Å². The summed E-state index contributed by atoms with van der Waals surface area (Å²) in [5.74, 6) is -0.588. The van der Waals surface area contributed by atoms with Crippen LogP contribution in [-0.2, 0) is 16.1 Å². The van der Waals surface area contributed by atoms with Crippen molar-refractivity contribution in [2.24, 2.45) is 17.4 Å². The second-order valence-corrected chi connectivity index (χ2v) is 5.39. The van der Waals surface area contributed by atoms with Gasteiger partial charge in [-0.1, -0.05) is 37.3 Å². The van der Waals surface area contributed by atoms with E-state index in [2.05, 4.69) is 10.4 Å². The smallest absolute Gasteiger partial charge is 0.230 e. The summed E-state index contributed by atoms with van der Waals surface area (Å²) in [6.07, 6.45) is 1.88. The lowest BCUT2D eigenvalue weighted by Crippen LogP contribution is -2.30. The minimum atomic E-state index is -0.409. The van der Waals surface area contributed by atoms with Gasteiger partial charge in [0.05, 0.1) is 5.92 Å². The molecule has 0 aliphatic rings. The van der Waals surface area contributed by atoms with Gasteiger partial charge in [0.25, 0.3) is 0 Å². The lowest BCUT2D eigenvalue weighted by molar-refractivity contribution is -0.120. The maximum Gasteiger partial charge on any atom is 0.230 e. The highest BCUT2D eigenvalue weighted by atomic mass is 16.2. The van der Waals surface area contributed by atoms with Crippen LogP contribution in [0.2, 0.25) is 0 Å². The molecule has 0 aliphatic carbocycles. The largest absolute Gasteiger partial charge is 0.370 e. The Labute approximate surface area is 134 Å².